The van der Waals surface area contributed by atoms with E-state index in [0.717, 1.165) is 28.8 Å². The third kappa shape index (κ3) is 6.98. The molecule has 192 valence electrons. The molecular formula is C31H34N2O3S. The minimum atomic E-state index is -0.234. The van der Waals surface area contributed by atoms with Crippen LogP contribution in [0.2, 0.25) is 0 Å². The van der Waals surface area contributed by atoms with Crippen molar-refractivity contribution in [3.63, 3.8) is 0 Å². The summed E-state index contributed by atoms with van der Waals surface area (Å²) in [5.74, 6) is 1.27. The Morgan fingerprint density at radius 1 is 1.03 bits per heavy atom. The summed E-state index contributed by atoms with van der Waals surface area (Å²) in [7, 11) is 0. The van der Waals surface area contributed by atoms with Crippen LogP contribution in [0.25, 0.3) is 6.08 Å². The molecule has 5 nitrogen and oxygen atoms in total. The zero-order valence-electron chi connectivity index (χ0n) is 21.7. The number of benzene rings is 3. The smallest absolute Gasteiger partial charge is 0.260 e. The third-order valence-corrected chi connectivity index (χ3v) is 7.04. The van der Waals surface area contributed by atoms with Crippen molar-refractivity contribution in [1.82, 2.24) is 5.32 Å². The number of anilines is 1. The van der Waals surface area contributed by atoms with Gasteiger partial charge in [0.1, 0.15) is 6.61 Å². The van der Waals surface area contributed by atoms with Crippen LogP contribution in [0.5, 0.6) is 11.5 Å². The fourth-order valence-corrected chi connectivity index (χ4v) is 5.03. The molecule has 3 aromatic rings. The highest BCUT2D eigenvalue weighted by atomic mass is 32.2. The molecule has 2 N–H and O–H groups in total. The number of carbonyl (C=O) groups is 1. The topological polar surface area (TPSA) is 59.6 Å². The minimum absolute atomic E-state index is 0.101. The van der Waals surface area contributed by atoms with Crippen molar-refractivity contribution >= 4 is 29.4 Å². The molecule has 0 aliphatic carbocycles. The molecule has 0 spiro atoms. The van der Waals surface area contributed by atoms with E-state index in [9.17, 15) is 4.79 Å². The van der Waals surface area contributed by atoms with Gasteiger partial charge in [-0.05, 0) is 73.7 Å². The SMILES string of the molecule is C=CCc1cc(/C=C2\S[C@@H](Nc3ccc(CC)cc3)NC2=O)cc(OCC)c1OCc1ccc(C)cc1. The third-order valence-electron chi connectivity index (χ3n) is 6.01. The zero-order chi connectivity index (χ0) is 26.2. The van der Waals surface area contributed by atoms with E-state index in [4.69, 9.17) is 9.47 Å². The second-order valence-corrected chi connectivity index (χ2v) is 10.0. The molecule has 0 bridgehead atoms. The number of aryl methyl sites for hydroxylation is 2. The van der Waals surface area contributed by atoms with Gasteiger partial charge in [-0.1, -0.05) is 66.7 Å². The quantitative estimate of drug-likeness (QED) is 0.216. The number of amides is 1. The van der Waals surface area contributed by atoms with Crippen molar-refractivity contribution in [1.29, 1.82) is 0 Å². The van der Waals surface area contributed by atoms with Crippen LogP contribution in [0.3, 0.4) is 0 Å². The molecule has 37 heavy (non-hydrogen) atoms. The predicted octanol–water partition coefficient (Wildman–Crippen LogP) is 6.86. The molecule has 0 radical (unpaired) electrons. The Kier molecular flexibility index (Phi) is 8.96. The van der Waals surface area contributed by atoms with Crippen molar-refractivity contribution in [3.05, 3.63) is 106 Å². The number of carbonyl (C=O) groups excluding carboxylic acids is 1. The van der Waals surface area contributed by atoms with Crippen LogP contribution in [0, 0.1) is 6.92 Å². The summed E-state index contributed by atoms with van der Waals surface area (Å²) in [5.41, 5.74) is 6.17. The molecule has 1 amide bonds. The minimum Gasteiger partial charge on any atom is -0.490 e. The zero-order valence-corrected chi connectivity index (χ0v) is 22.5. The Hall–Kier alpha value is -3.64. The van der Waals surface area contributed by atoms with Gasteiger partial charge in [0, 0.05) is 11.3 Å². The molecule has 0 saturated carbocycles. The van der Waals surface area contributed by atoms with Crippen LogP contribution in [-0.2, 0) is 24.2 Å². The molecule has 0 unspecified atom stereocenters. The van der Waals surface area contributed by atoms with Crippen molar-refractivity contribution < 1.29 is 14.3 Å². The standard InChI is InChI=1S/C31H34N2O3S/c1-5-8-25-17-24(18-27(35-7-3)29(25)36-20-23-11-9-21(4)10-12-23)19-28-30(34)33-31(37-28)32-26-15-13-22(6-2)14-16-26/h5,9-19,31-32H,1,6-8,20H2,2-4H3,(H,33,34)/b28-19-/t31-/m0/s1. The maximum absolute atomic E-state index is 12.7. The highest BCUT2D eigenvalue weighted by Crippen LogP contribution is 2.37. The Balaban J connectivity index is 1.55. The number of hydrogen-bond donors (Lipinski definition) is 2. The van der Waals surface area contributed by atoms with Gasteiger partial charge in [-0.25, -0.2) is 0 Å². The maximum atomic E-state index is 12.7. The molecule has 0 aromatic heterocycles. The second kappa shape index (κ2) is 12.5. The summed E-state index contributed by atoms with van der Waals surface area (Å²) in [5, 5.41) is 6.39. The van der Waals surface area contributed by atoms with Crippen molar-refractivity contribution in [2.45, 2.75) is 45.7 Å². The summed E-state index contributed by atoms with van der Waals surface area (Å²) >= 11 is 1.47. The number of allylic oxidation sites excluding steroid dienone is 1. The number of rotatable bonds is 11. The van der Waals surface area contributed by atoms with Crippen LogP contribution in [-0.4, -0.2) is 18.0 Å². The summed E-state index contributed by atoms with van der Waals surface area (Å²) in [4.78, 5) is 13.4. The van der Waals surface area contributed by atoms with Gasteiger partial charge in [-0.15, -0.1) is 6.58 Å². The van der Waals surface area contributed by atoms with Gasteiger partial charge in [-0.3, -0.25) is 4.79 Å². The lowest BCUT2D eigenvalue weighted by Crippen LogP contribution is -2.30. The Morgan fingerprint density at radius 3 is 2.43 bits per heavy atom. The lowest BCUT2D eigenvalue weighted by Gasteiger charge is -2.17. The molecule has 1 saturated heterocycles. The van der Waals surface area contributed by atoms with Crippen molar-refractivity contribution in [2.75, 3.05) is 11.9 Å². The Bertz CT molecular complexity index is 1270. The maximum Gasteiger partial charge on any atom is 0.260 e. The van der Waals surface area contributed by atoms with Gasteiger partial charge >= 0.3 is 0 Å². The first-order chi connectivity index (χ1) is 18.0. The molecule has 1 fully saturated rings. The van der Waals surface area contributed by atoms with Gasteiger partial charge in [0.15, 0.2) is 17.0 Å². The van der Waals surface area contributed by atoms with Crippen LogP contribution < -0.4 is 20.1 Å². The fraction of sp³-hybridized carbons (Fsp3) is 0.258. The average molecular weight is 515 g/mol. The van der Waals surface area contributed by atoms with E-state index in [1.54, 1.807) is 0 Å². The number of thioether (sulfide) groups is 1. The highest BCUT2D eigenvalue weighted by Gasteiger charge is 2.27. The van der Waals surface area contributed by atoms with Crippen LogP contribution >= 0.6 is 11.8 Å². The predicted molar refractivity (Wildman–Crippen MR) is 154 cm³/mol. The summed E-state index contributed by atoms with van der Waals surface area (Å²) in [6.07, 6.45) is 5.37. The van der Waals surface area contributed by atoms with E-state index in [1.165, 1.54) is 22.9 Å². The molecule has 6 heteroatoms. The van der Waals surface area contributed by atoms with Crippen LogP contribution in [0.4, 0.5) is 5.69 Å². The van der Waals surface area contributed by atoms with E-state index in [0.29, 0.717) is 36.0 Å². The van der Waals surface area contributed by atoms with E-state index in [2.05, 4.69) is 67.5 Å². The first kappa shape index (κ1) is 26.4. The molecule has 4 rings (SSSR count). The normalized spacial score (nSPS) is 15.9. The molecule has 3 aromatic carbocycles. The molecular weight excluding hydrogens is 480 g/mol. The van der Waals surface area contributed by atoms with E-state index in [1.807, 2.05) is 43.3 Å². The van der Waals surface area contributed by atoms with Crippen molar-refractivity contribution in [2.24, 2.45) is 0 Å². The van der Waals surface area contributed by atoms with Gasteiger partial charge in [0.25, 0.3) is 5.91 Å². The Morgan fingerprint density at radius 2 is 1.76 bits per heavy atom. The first-order valence-corrected chi connectivity index (χ1v) is 13.5. The highest BCUT2D eigenvalue weighted by molar-refractivity contribution is 8.05. The summed E-state index contributed by atoms with van der Waals surface area (Å²) < 4.78 is 12.2. The largest absolute Gasteiger partial charge is 0.490 e. The lowest BCUT2D eigenvalue weighted by atomic mass is 10.0. The number of nitrogens with one attached hydrogen (secondary N) is 2. The first-order valence-electron chi connectivity index (χ1n) is 12.6. The number of hydrogen-bond acceptors (Lipinski definition) is 5. The average Bonchev–Trinajstić information content (AvgIpc) is 3.23. The fourth-order valence-electron chi connectivity index (χ4n) is 4.05. The van der Waals surface area contributed by atoms with Gasteiger partial charge in [0.2, 0.25) is 0 Å². The van der Waals surface area contributed by atoms with Crippen molar-refractivity contribution in [3.8, 4) is 11.5 Å². The monoisotopic (exact) mass is 514 g/mol. The molecule has 1 aliphatic rings. The molecule has 1 atom stereocenters. The van der Waals surface area contributed by atoms with E-state index >= 15 is 0 Å². The van der Waals surface area contributed by atoms with Gasteiger partial charge in [-0.2, -0.15) is 0 Å². The molecule has 1 heterocycles. The van der Waals surface area contributed by atoms with Gasteiger partial charge < -0.3 is 20.1 Å². The summed E-state index contributed by atoms with van der Waals surface area (Å²) in [6.45, 7) is 11.0. The van der Waals surface area contributed by atoms with E-state index < -0.39 is 0 Å². The van der Waals surface area contributed by atoms with Gasteiger partial charge in [0.05, 0.1) is 11.5 Å². The lowest BCUT2D eigenvalue weighted by molar-refractivity contribution is -0.116. The van der Waals surface area contributed by atoms with E-state index in [-0.39, 0.29) is 11.4 Å². The summed E-state index contributed by atoms with van der Waals surface area (Å²) in [6, 6.07) is 20.5. The van der Waals surface area contributed by atoms with Crippen LogP contribution in [0.1, 0.15) is 41.7 Å². The number of ether oxygens (including phenoxy) is 2. The van der Waals surface area contributed by atoms with Crippen LogP contribution in [0.15, 0.2) is 78.2 Å². The Labute approximate surface area is 224 Å². The molecule has 1 aliphatic heterocycles. The second-order valence-electron chi connectivity index (χ2n) is 8.88.